The van der Waals surface area contributed by atoms with Crippen LogP contribution >= 0.6 is 15.9 Å². The van der Waals surface area contributed by atoms with Gasteiger partial charge in [0.1, 0.15) is 5.82 Å². The molecule has 0 bridgehead atoms. The minimum absolute atomic E-state index is 0.0592. The highest BCUT2D eigenvalue weighted by atomic mass is 79.9. The van der Waals surface area contributed by atoms with E-state index in [0.717, 1.165) is 30.5 Å². The van der Waals surface area contributed by atoms with E-state index < -0.39 is 5.82 Å². The molecule has 2 nitrogen and oxygen atoms in total. The number of ketones is 1. The van der Waals surface area contributed by atoms with Gasteiger partial charge in [0.05, 0.1) is 11.6 Å². The van der Waals surface area contributed by atoms with Crippen LogP contribution < -0.4 is 0 Å². The van der Waals surface area contributed by atoms with E-state index in [1.54, 1.807) is 12.3 Å². The second kappa shape index (κ2) is 5.44. The number of hydrogen-bond donors (Lipinski definition) is 0. The Labute approximate surface area is 125 Å². The van der Waals surface area contributed by atoms with Crippen LogP contribution in [0.5, 0.6) is 0 Å². The Morgan fingerprint density at radius 3 is 3.05 bits per heavy atom. The van der Waals surface area contributed by atoms with Crippen LogP contribution in [-0.2, 0) is 6.42 Å². The average molecular weight is 334 g/mol. The van der Waals surface area contributed by atoms with Crippen LogP contribution in [0.1, 0.15) is 40.4 Å². The lowest BCUT2D eigenvalue weighted by Crippen LogP contribution is -2.20. The van der Waals surface area contributed by atoms with Crippen molar-refractivity contribution >= 4 is 21.7 Å². The van der Waals surface area contributed by atoms with Crippen LogP contribution in [0.2, 0.25) is 0 Å². The van der Waals surface area contributed by atoms with Crippen molar-refractivity contribution in [2.75, 3.05) is 0 Å². The highest BCUT2D eigenvalue weighted by Crippen LogP contribution is 2.34. The fourth-order valence-corrected chi connectivity index (χ4v) is 3.18. The highest BCUT2D eigenvalue weighted by Gasteiger charge is 2.29. The van der Waals surface area contributed by atoms with Gasteiger partial charge in [-0.2, -0.15) is 0 Å². The first-order valence-electron chi connectivity index (χ1n) is 6.60. The molecule has 1 aliphatic carbocycles. The molecule has 0 spiro atoms. The van der Waals surface area contributed by atoms with Gasteiger partial charge in [0.2, 0.25) is 0 Å². The molecule has 4 heteroatoms. The van der Waals surface area contributed by atoms with E-state index in [1.807, 2.05) is 12.1 Å². The first-order chi connectivity index (χ1) is 9.66. The zero-order valence-electron chi connectivity index (χ0n) is 10.8. The largest absolute Gasteiger partial charge is 0.293 e. The van der Waals surface area contributed by atoms with Gasteiger partial charge in [-0.05, 0) is 49.1 Å². The quantitative estimate of drug-likeness (QED) is 0.767. The van der Waals surface area contributed by atoms with Crippen LogP contribution in [-0.4, -0.2) is 10.8 Å². The van der Waals surface area contributed by atoms with Crippen molar-refractivity contribution in [3.63, 3.8) is 0 Å². The van der Waals surface area contributed by atoms with Gasteiger partial charge in [0, 0.05) is 16.2 Å². The average Bonchev–Trinajstić information content (AvgIpc) is 2.48. The summed E-state index contributed by atoms with van der Waals surface area (Å²) in [6.45, 7) is 0. The van der Waals surface area contributed by atoms with E-state index in [1.165, 1.54) is 12.1 Å². The molecule has 20 heavy (non-hydrogen) atoms. The molecule has 0 aliphatic heterocycles. The first kappa shape index (κ1) is 13.4. The fraction of sp³-hybridized carbons (Fsp3) is 0.250. The van der Waals surface area contributed by atoms with E-state index in [0.29, 0.717) is 10.0 Å². The molecule has 102 valence electrons. The molecule has 1 aliphatic rings. The Bertz CT molecular complexity index is 671. The maximum Gasteiger partial charge on any atom is 0.173 e. The van der Waals surface area contributed by atoms with Crippen LogP contribution in [0.15, 0.2) is 41.0 Å². The van der Waals surface area contributed by atoms with Crippen molar-refractivity contribution in [3.05, 3.63) is 63.6 Å². The molecule has 3 rings (SSSR count). The molecule has 0 radical (unpaired) electrons. The lowest BCUT2D eigenvalue weighted by molar-refractivity contribution is 0.0947. The molecule has 1 aromatic heterocycles. The van der Waals surface area contributed by atoms with Gasteiger partial charge in [-0.25, -0.2) is 4.39 Å². The van der Waals surface area contributed by atoms with E-state index in [9.17, 15) is 9.18 Å². The summed E-state index contributed by atoms with van der Waals surface area (Å²) < 4.78 is 14.0. The number of aryl methyl sites for hydroxylation is 1. The number of fused-ring (bicyclic) bond motifs is 1. The molecule has 2 aromatic rings. The van der Waals surface area contributed by atoms with Gasteiger partial charge in [0.15, 0.2) is 5.78 Å². The van der Waals surface area contributed by atoms with Crippen LogP contribution in [0.3, 0.4) is 0 Å². The number of nitrogens with zero attached hydrogens (tertiary/aromatic N) is 1. The Morgan fingerprint density at radius 1 is 1.35 bits per heavy atom. The number of pyridine rings is 1. The predicted octanol–water partition coefficient (Wildman–Crippen LogP) is 4.29. The SMILES string of the molecule is O=C(c1cc(F)ccc1Br)C1CCCc2cccnc21. The molecule has 0 amide bonds. The van der Waals surface area contributed by atoms with Crippen LogP contribution in [0, 0.1) is 5.82 Å². The molecule has 1 heterocycles. The summed E-state index contributed by atoms with van der Waals surface area (Å²) in [5, 5.41) is 0. The number of carbonyl (C=O) groups is 1. The van der Waals surface area contributed by atoms with E-state index >= 15 is 0 Å². The maximum atomic E-state index is 13.4. The number of rotatable bonds is 2. The first-order valence-corrected chi connectivity index (χ1v) is 7.39. The molecular weight excluding hydrogens is 321 g/mol. The lowest BCUT2D eigenvalue weighted by Gasteiger charge is -2.23. The van der Waals surface area contributed by atoms with E-state index in [4.69, 9.17) is 0 Å². The molecule has 0 saturated heterocycles. The number of halogens is 2. The highest BCUT2D eigenvalue weighted by molar-refractivity contribution is 9.10. The third-order valence-electron chi connectivity index (χ3n) is 3.71. The van der Waals surface area contributed by atoms with Crippen molar-refractivity contribution in [1.29, 1.82) is 0 Å². The zero-order valence-corrected chi connectivity index (χ0v) is 12.4. The van der Waals surface area contributed by atoms with Gasteiger partial charge in [-0.1, -0.05) is 22.0 Å². The predicted molar refractivity (Wildman–Crippen MR) is 78.3 cm³/mol. The summed E-state index contributed by atoms with van der Waals surface area (Å²) in [6.07, 6.45) is 4.40. The van der Waals surface area contributed by atoms with Gasteiger partial charge in [0.25, 0.3) is 0 Å². The van der Waals surface area contributed by atoms with Gasteiger partial charge in [-0.15, -0.1) is 0 Å². The molecule has 1 atom stereocenters. The number of Topliss-reactive ketones (excluding diaryl/α,β-unsaturated/α-hetero) is 1. The normalized spacial score (nSPS) is 17.6. The summed E-state index contributed by atoms with van der Waals surface area (Å²) >= 11 is 3.33. The summed E-state index contributed by atoms with van der Waals surface area (Å²) in [6, 6.07) is 8.12. The van der Waals surface area contributed by atoms with Gasteiger partial charge >= 0.3 is 0 Å². The van der Waals surface area contributed by atoms with Crippen molar-refractivity contribution in [2.45, 2.75) is 25.2 Å². The second-order valence-electron chi connectivity index (χ2n) is 4.98. The Hall–Kier alpha value is -1.55. The number of aromatic nitrogens is 1. The molecule has 0 N–H and O–H groups in total. The number of benzene rings is 1. The Morgan fingerprint density at radius 2 is 2.20 bits per heavy atom. The Kier molecular flexibility index (Phi) is 3.66. The third kappa shape index (κ3) is 2.40. The number of hydrogen-bond acceptors (Lipinski definition) is 2. The van der Waals surface area contributed by atoms with Crippen LogP contribution in [0.4, 0.5) is 4.39 Å². The number of carbonyl (C=O) groups excluding carboxylic acids is 1. The van der Waals surface area contributed by atoms with Gasteiger partial charge < -0.3 is 0 Å². The topological polar surface area (TPSA) is 30.0 Å². The molecule has 0 saturated carbocycles. The molecule has 0 fully saturated rings. The Balaban J connectivity index is 2.02. The molecule has 1 aromatic carbocycles. The van der Waals surface area contributed by atoms with E-state index in [-0.39, 0.29) is 11.7 Å². The second-order valence-corrected chi connectivity index (χ2v) is 5.84. The summed E-state index contributed by atoms with van der Waals surface area (Å²) in [5.41, 5.74) is 2.37. The fourth-order valence-electron chi connectivity index (χ4n) is 2.74. The monoisotopic (exact) mass is 333 g/mol. The standard InChI is InChI=1S/C16H13BrFNO/c17-14-7-6-11(18)9-13(14)16(20)12-5-1-3-10-4-2-8-19-15(10)12/h2,4,6-9,12H,1,3,5H2. The summed E-state index contributed by atoms with van der Waals surface area (Å²) in [7, 11) is 0. The minimum atomic E-state index is -0.395. The smallest absolute Gasteiger partial charge is 0.173 e. The summed E-state index contributed by atoms with van der Waals surface area (Å²) in [4.78, 5) is 17.1. The minimum Gasteiger partial charge on any atom is -0.293 e. The van der Waals surface area contributed by atoms with Crippen LogP contribution in [0.25, 0.3) is 0 Å². The van der Waals surface area contributed by atoms with Crippen molar-refractivity contribution in [3.8, 4) is 0 Å². The lowest BCUT2D eigenvalue weighted by atomic mass is 9.82. The van der Waals surface area contributed by atoms with Crippen molar-refractivity contribution in [2.24, 2.45) is 0 Å². The van der Waals surface area contributed by atoms with Crippen molar-refractivity contribution in [1.82, 2.24) is 4.98 Å². The van der Waals surface area contributed by atoms with Gasteiger partial charge in [-0.3, -0.25) is 9.78 Å². The summed E-state index contributed by atoms with van der Waals surface area (Å²) in [5.74, 6) is -0.720. The van der Waals surface area contributed by atoms with E-state index in [2.05, 4.69) is 20.9 Å². The molecule has 1 unspecified atom stereocenters. The zero-order chi connectivity index (χ0) is 14.1. The maximum absolute atomic E-state index is 13.4. The third-order valence-corrected chi connectivity index (χ3v) is 4.40. The van der Waals surface area contributed by atoms with Crippen molar-refractivity contribution < 1.29 is 9.18 Å². The molecular formula is C16H13BrFNO.